The summed E-state index contributed by atoms with van der Waals surface area (Å²) in [5.74, 6) is -0.358. The predicted molar refractivity (Wildman–Crippen MR) is 70.3 cm³/mol. The molecule has 0 saturated carbocycles. The summed E-state index contributed by atoms with van der Waals surface area (Å²) in [6.07, 6.45) is 4.57. The molecule has 1 N–H and O–H groups in total. The lowest BCUT2D eigenvalue weighted by Gasteiger charge is -2.06. The van der Waals surface area contributed by atoms with Gasteiger partial charge in [0.05, 0.1) is 11.8 Å². The van der Waals surface area contributed by atoms with Crippen LogP contribution in [0, 0.1) is 0 Å². The first kappa shape index (κ1) is 12.6. The van der Waals surface area contributed by atoms with Gasteiger partial charge in [0.15, 0.2) is 9.84 Å². The fourth-order valence-electron chi connectivity index (χ4n) is 1.63. The van der Waals surface area contributed by atoms with Crippen molar-refractivity contribution in [3.63, 3.8) is 0 Å². The molecule has 1 aliphatic rings. The van der Waals surface area contributed by atoms with E-state index in [-0.39, 0.29) is 11.7 Å². The van der Waals surface area contributed by atoms with Crippen LogP contribution >= 0.6 is 0 Å². The zero-order valence-electron chi connectivity index (χ0n) is 9.61. The van der Waals surface area contributed by atoms with Gasteiger partial charge in [-0.05, 0) is 17.7 Å². The Balaban J connectivity index is 1.91. The minimum atomic E-state index is -3.13. The number of hydrogen-bond acceptors (Lipinski definition) is 3. The summed E-state index contributed by atoms with van der Waals surface area (Å²) >= 11 is 0. The summed E-state index contributed by atoms with van der Waals surface area (Å²) in [5, 5.41) is 3.75. The Morgan fingerprint density at radius 2 is 2.00 bits per heavy atom. The Bertz CT molecular complexity index is 588. The molecule has 18 heavy (non-hydrogen) atoms. The van der Waals surface area contributed by atoms with E-state index in [4.69, 9.17) is 0 Å². The molecule has 0 radical (unpaired) electrons. The summed E-state index contributed by atoms with van der Waals surface area (Å²) in [6.45, 7) is 0. The molecule has 1 aromatic carbocycles. The molecule has 0 aliphatic carbocycles. The monoisotopic (exact) mass is 263 g/mol. The lowest BCUT2D eigenvalue weighted by atomic mass is 10.2. The van der Waals surface area contributed by atoms with Crippen LogP contribution in [0.4, 0.5) is 0 Å². The SMILES string of the molecule is O=C(/C=C/c1ccccc1)NC1C=CS(=O)(=O)C1. The Morgan fingerprint density at radius 1 is 1.28 bits per heavy atom. The highest BCUT2D eigenvalue weighted by Crippen LogP contribution is 2.08. The summed E-state index contributed by atoms with van der Waals surface area (Å²) < 4.78 is 22.3. The van der Waals surface area contributed by atoms with Crippen molar-refractivity contribution < 1.29 is 13.2 Å². The molecule has 94 valence electrons. The maximum atomic E-state index is 11.6. The Kier molecular flexibility index (Phi) is 3.62. The number of carbonyl (C=O) groups excluding carboxylic acids is 1. The smallest absolute Gasteiger partial charge is 0.244 e. The molecule has 4 nitrogen and oxygen atoms in total. The first-order chi connectivity index (χ1) is 8.55. The predicted octanol–water partition coefficient (Wildman–Crippen LogP) is 1.13. The van der Waals surface area contributed by atoms with E-state index in [1.165, 1.54) is 12.2 Å². The van der Waals surface area contributed by atoms with Crippen molar-refractivity contribution in [1.82, 2.24) is 5.32 Å². The van der Waals surface area contributed by atoms with Crippen molar-refractivity contribution in [2.24, 2.45) is 0 Å². The molecule has 1 aromatic rings. The van der Waals surface area contributed by atoms with E-state index in [0.717, 1.165) is 11.0 Å². The molecule has 0 bridgehead atoms. The van der Waals surface area contributed by atoms with Crippen molar-refractivity contribution in [3.05, 3.63) is 53.5 Å². The van der Waals surface area contributed by atoms with Gasteiger partial charge in [-0.25, -0.2) is 8.42 Å². The molecule has 1 amide bonds. The summed E-state index contributed by atoms with van der Waals surface area (Å²) in [7, 11) is -3.13. The first-order valence-electron chi connectivity index (χ1n) is 5.50. The van der Waals surface area contributed by atoms with Crippen LogP contribution in [0.15, 0.2) is 47.9 Å². The third-order valence-corrected chi connectivity index (χ3v) is 3.88. The average molecular weight is 263 g/mol. The quantitative estimate of drug-likeness (QED) is 0.831. The maximum absolute atomic E-state index is 11.6. The first-order valence-corrected chi connectivity index (χ1v) is 7.21. The van der Waals surface area contributed by atoms with Gasteiger partial charge in [-0.15, -0.1) is 0 Å². The molecule has 1 heterocycles. The van der Waals surface area contributed by atoms with E-state index >= 15 is 0 Å². The zero-order valence-corrected chi connectivity index (χ0v) is 10.4. The second-order valence-corrected chi connectivity index (χ2v) is 5.95. The minimum absolute atomic E-state index is 0.0576. The number of benzene rings is 1. The molecule has 1 unspecified atom stereocenters. The molecule has 5 heteroatoms. The highest BCUT2D eigenvalue weighted by atomic mass is 32.2. The van der Waals surface area contributed by atoms with Crippen LogP contribution in [0.5, 0.6) is 0 Å². The van der Waals surface area contributed by atoms with E-state index in [1.807, 2.05) is 30.3 Å². The summed E-state index contributed by atoms with van der Waals surface area (Å²) in [5.41, 5.74) is 0.919. The Labute approximate surface area is 106 Å². The number of sulfone groups is 1. The van der Waals surface area contributed by atoms with Crippen LogP contribution in [0.2, 0.25) is 0 Å². The van der Waals surface area contributed by atoms with Crippen LogP contribution in [0.1, 0.15) is 5.56 Å². The molecule has 1 atom stereocenters. The Morgan fingerprint density at radius 3 is 2.61 bits per heavy atom. The molecule has 0 fully saturated rings. The second-order valence-electron chi connectivity index (χ2n) is 4.02. The van der Waals surface area contributed by atoms with Crippen LogP contribution in [-0.2, 0) is 14.6 Å². The third-order valence-electron chi connectivity index (χ3n) is 2.48. The third kappa shape index (κ3) is 3.56. The Hall–Kier alpha value is -1.88. The van der Waals surface area contributed by atoms with E-state index in [9.17, 15) is 13.2 Å². The van der Waals surface area contributed by atoms with Gasteiger partial charge in [0.25, 0.3) is 0 Å². The molecular formula is C13H13NO3S. The minimum Gasteiger partial charge on any atom is -0.345 e. The second kappa shape index (κ2) is 5.18. The van der Waals surface area contributed by atoms with Gasteiger partial charge < -0.3 is 5.32 Å². The zero-order chi connectivity index (χ0) is 13.0. The molecule has 0 spiro atoms. The van der Waals surface area contributed by atoms with E-state index < -0.39 is 15.9 Å². The van der Waals surface area contributed by atoms with Crippen molar-refractivity contribution in [1.29, 1.82) is 0 Å². The standard InChI is InChI=1S/C13H13NO3S/c15-13(7-6-11-4-2-1-3-5-11)14-12-8-9-18(16,17)10-12/h1-9,12H,10H2,(H,14,15)/b7-6+. The van der Waals surface area contributed by atoms with E-state index in [1.54, 1.807) is 6.08 Å². The lowest BCUT2D eigenvalue weighted by Crippen LogP contribution is -2.34. The molecule has 2 rings (SSSR count). The number of amides is 1. The van der Waals surface area contributed by atoms with Crippen LogP contribution in [0.25, 0.3) is 6.08 Å². The van der Waals surface area contributed by atoms with E-state index in [2.05, 4.69) is 5.32 Å². The van der Waals surface area contributed by atoms with Gasteiger partial charge in [0, 0.05) is 11.5 Å². The number of nitrogens with one attached hydrogen (secondary N) is 1. The highest BCUT2D eigenvalue weighted by molar-refractivity contribution is 7.94. The molecule has 0 saturated heterocycles. The normalized spacial score (nSPS) is 21.2. The van der Waals surface area contributed by atoms with Crippen molar-refractivity contribution in [2.45, 2.75) is 6.04 Å². The van der Waals surface area contributed by atoms with Gasteiger partial charge in [-0.3, -0.25) is 4.79 Å². The van der Waals surface area contributed by atoms with Gasteiger partial charge in [0.1, 0.15) is 0 Å². The molecular weight excluding hydrogens is 250 g/mol. The van der Waals surface area contributed by atoms with Crippen molar-refractivity contribution in [2.75, 3.05) is 5.75 Å². The van der Waals surface area contributed by atoms with Crippen molar-refractivity contribution >= 4 is 21.8 Å². The fraction of sp³-hybridized carbons (Fsp3) is 0.154. The van der Waals surface area contributed by atoms with Crippen molar-refractivity contribution in [3.8, 4) is 0 Å². The van der Waals surface area contributed by atoms with Crippen LogP contribution < -0.4 is 5.32 Å². The number of carbonyl (C=O) groups is 1. The molecule has 1 aliphatic heterocycles. The maximum Gasteiger partial charge on any atom is 0.244 e. The van der Waals surface area contributed by atoms with Gasteiger partial charge in [-0.1, -0.05) is 30.3 Å². The number of rotatable bonds is 3. The molecule has 0 aromatic heterocycles. The lowest BCUT2D eigenvalue weighted by molar-refractivity contribution is -0.116. The summed E-state index contributed by atoms with van der Waals surface area (Å²) in [6, 6.07) is 8.98. The van der Waals surface area contributed by atoms with Gasteiger partial charge in [0.2, 0.25) is 5.91 Å². The van der Waals surface area contributed by atoms with E-state index in [0.29, 0.717) is 0 Å². The number of hydrogen-bond donors (Lipinski definition) is 1. The largest absolute Gasteiger partial charge is 0.345 e. The van der Waals surface area contributed by atoms with Crippen LogP contribution in [-0.4, -0.2) is 26.1 Å². The average Bonchev–Trinajstić information content (AvgIpc) is 2.67. The van der Waals surface area contributed by atoms with Crippen LogP contribution in [0.3, 0.4) is 0 Å². The van der Waals surface area contributed by atoms with Gasteiger partial charge in [-0.2, -0.15) is 0 Å². The summed E-state index contributed by atoms with van der Waals surface area (Å²) in [4.78, 5) is 11.6. The fourth-order valence-corrected chi connectivity index (χ4v) is 2.87. The van der Waals surface area contributed by atoms with Gasteiger partial charge >= 0.3 is 0 Å². The topological polar surface area (TPSA) is 63.2 Å². The highest BCUT2D eigenvalue weighted by Gasteiger charge is 2.22.